The van der Waals surface area contributed by atoms with E-state index < -0.39 is 23.9 Å². The van der Waals surface area contributed by atoms with Crippen molar-refractivity contribution in [1.29, 1.82) is 0 Å². The molecule has 0 saturated carbocycles. The third kappa shape index (κ3) is 3.50. The third-order valence-corrected chi connectivity index (χ3v) is 5.24. The molecule has 4 rings (SSSR count). The van der Waals surface area contributed by atoms with Crippen molar-refractivity contribution in [2.45, 2.75) is 19.4 Å². The number of nitrogens with one attached hydrogen (secondary N) is 2. The number of hydrogen-bond acceptors (Lipinski definition) is 4. The summed E-state index contributed by atoms with van der Waals surface area (Å²) < 4.78 is 22.6. The number of carboxylic acid groups (broad SMARTS) is 1. The van der Waals surface area contributed by atoms with E-state index in [0.717, 1.165) is 5.56 Å². The number of rotatable bonds is 4. The zero-order chi connectivity index (χ0) is 21.4. The largest absolute Gasteiger partial charge is 0.465 e. The summed E-state index contributed by atoms with van der Waals surface area (Å²) in [5, 5.41) is 11.7. The number of morpholine rings is 1. The maximum absolute atomic E-state index is 15.0. The molecule has 158 valence electrons. The Morgan fingerprint density at radius 3 is 3.00 bits per heavy atom. The van der Waals surface area contributed by atoms with Gasteiger partial charge in [-0.3, -0.25) is 4.79 Å². The van der Waals surface area contributed by atoms with Gasteiger partial charge in [0.25, 0.3) is 5.91 Å². The summed E-state index contributed by atoms with van der Waals surface area (Å²) >= 11 is 0. The number of ether oxygens (including phenoxy) is 1. The lowest BCUT2D eigenvalue weighted by molar-refractivity contribution is -0.0214. The molecule has 1 atom stereocenters. The smallest absolute Gasteiger partial charge is 0.407 e. The maximum atomic E-state index is 15.0. The first-order valence-corrected chi connectivity index (χ1v) is 9.55. The monoisotopic (exact) mass is 415 g/mol. The first kappa shape index (κ1) is 19.9. The fourth-order valence-electron chi connectivity index (χ4n) is 3.70. The molecule has 3 aromatic heterocycles. The van der Waals surface area contributed by atoms with Crippen molar-refractivity contribution in [3.63, 3.8) is 0 Å². The molecular weight excluding hydrogens is 393 g/mol. The van der Waals surface area contributed by atoms with Gasteiger partial charge in [0.05, 0.1) is 30.5 Å². The molecule has 0 radical (unpaired) electrons. The predicted molar refractivity (Wildman–Crippen MR) is 106 cm³/mol. The second-order valence-corrected chi connectivity index (χ2v) is 7.24. The molecule has 0 aromatic carbocycles. The van der Waals surface area contributed by atoms with Gasteiger partial charge in [0, 0.05) is 32.4 Å². The number of halogens is 1. The van der Waals surface area contributed by atoms with Gasteiger partial charge in [0.15, 0.2) is 5.82 Å². The van der Waals surface area contributed by atoms with E-state index in [1.54, 1.807) is 0 Å². The average molecular weight is 415 g/mol. The number of aromatic amines is 1. The van der Waals surface area contributed by atoms with Gasteiger partial charge in [-0.15, -0.1) is 0 Å². The second-order valence-electron chi connectivity index (χ2n) is 7.24. The van der Waals surface area contributed by atoms with Crippen LogP contribution in [-0.4, -0.2) is 69.2 Å². The topological polar surface area (TPSA) is 112 Å². The number of carbonyl (C=O) groups is 2. The maximum Gasteiger partial charge on any atom is 0.407 e. The van der Waals surface area contributed by atoms with Crippen LogP contribution in [0.25, 0.3) is 17.0 Å². The van der Waals surface area contributed by atoms with Crippen molar-refractivity contribution in [2.75, 3.05) is 26.7 Å². The first-order valence-electron chi connectivity index (χ1n) is 9.55. The Labute approximate surface area is 171 Å². The molecule has 1 saturated heterocycles. The number of carbonyl (C=O) groups excluding carboxylic acids is 1. The minimum atomic E-state index is -0.997. The molecule has 2 amide bonds. The fraction of sp³-hybridized carbons (Fsp3) is 0.350. The minimum absolute atomic E-state index is 0.0994. The van der Waals surface area contributed by atoms with Gasteiger partial charge in [0.1, 0.15) is 17.0 Å². The molecule has 4 heterocycles. The van der Waals surface area contributed by atoms with Crippen LogP contribution < -0.4 is 5.32 Å². The van der Waals surface area contributed by atoms with E-state index in [4.69, 9.17) is 4.74 Å². The third-order valence-electron chi connectivity index (χ3n) is 5.24. The summed E-state index contributed by atoms with van der Waals surface area (Å²) in [5.74, 6) is -1.23. The number of H-pyrrole nitrogens is 1. The zero-order valence-corrected chi connectivity index (χ0v) is 16.6. The van der Waals surface area contributed by atoms with Gasteiger partial charge in [-0.2, -0.15) is 0 Å². The molecule has 1 aliphatic heterocycles. The Kier molecular flexibility index (Phi) is 5.17. The zero-order valence-electron chi connectivity index (χ0n) is 16.6. The Balaban J connectivity index is 1.78. The lowest BCUT2D eigenvalue weighted by Gasteiger charge is -2.31. The minimum Gasteiger partial charge on any atom is -0.465 e. The summed E-state index contributed by atoms with van der Waals surface area (Å²) in [6, 6.07) is 3.78. The van der Waals surface area contributed by atoms with E-state index in [2.05, 4.69) is 15.3 Å². The van der Waals surface area contributed by atoms with Crippen molar-refractivity contribution in [3.05, 3.63) is 47.2 Å². The number of aromatic nitrogens is 3. The average Bonchev–Trinajstić information content (AvgIpc) is 3.27. The van der Waals surface area contributed by atoms with Crippen LogP contribution in [0.4, 0.5) is 9.18 Å². The molecule has 0 spiro atoms. The number of aryl methyl sites for hydroxylation is 1. The first-order chi connectivity index (χ1) is 14.4. The van der Waals surface area contributed by atoms with Crippen molar-refractivity contribution in [2.24, 2.45) is 0 Å². The molecule has 3 N–H and O–H groups in total. The molecule has 9 nitrogen and oxygen atoms in total. The molecule has 1 fully saturated rings. The highest BCUT2D eigenvalue weighted by Gasteiger charge is 2.28. The molecule has 0 bridgehead atoms. The molecule has 30 heavy (non-hydrogen) atoms. The van der Waals surface area contributed by atoms with Gasteiger partial charge >= 0.3 is 6.09 Å². The van der Waals surface area contributed by atoms with Crippen LogP contribution in [0, 0.1) is 12.7 Å². The van der Waals surface area contributed by atoms with Crippen LogP contribution in [-0.2, 0) is 11.2 Å². The van der Waals surface area contributed by atoms with Gasteiger partial charge in [0.2, 0.25) is 0 Å². The number of pyridine rings is 1. The summed E-state index contributed by atoms with van der Waals surface area (Å²) in [4.78, 5) is 32.0. The second kappa shape index (κ2) is 7.79. The van der Waals surface area contributed by atoms with Crippen molar-refractivity contribution in [1.82, 2.24) is 24.6 Å². The Morgan fingerprint density at radius 2 is 2.27 bits per heavy atom. The van der Waals surface area contributed by atoms with E-state index >= 15 is 4.39 Å². The number of nitrogens with zero attached hydrogens (tertiary/aromatic N) is 3. The molecule has 3 aromatic rings. The van der Waals surface area contributed by atoms with E-state index in [1.807, 2.05) is 29.7 Å². The van der Waals surface area contributed by atoms with E-state index in [1.165, 1.54) is 18.1 Å². The van der Waals surface area contributed by atoms with E-state index in [9.17, 15) is 14.7 Å². The van der Waals surface area contributed by atoms with Gasteiger partial charge < -0.3 is 29.4 Å². The molecule has 0 aliphatic carbocycles. The van der Waals surface area contributed by atoms with Crippen molar-refractivity contribution >= 4 is 17.6 Å². The quantitative estimate of drug-likeness (QED) is 0.604. The standard InChI is InChI=1S/C20H22FN5O4/c1-11-3-4-26-14(8-12-10-25(20(28)29)5-6-30-12)17(24-15(26)7-11)18-16(21)13(9-23-18)19(27)22-2/h3-4,7,9,12,23H,5-6,8,10H2,1-2H3,(H,22,27)(H,28,29)/t12-/m0/s1. The molecular formula is C20H22FN5O4. The van der Waals surface area contributed by atoms with Crippen LogP contribution in [0.5, 0.6) is 0 Å². The van der Waals surface area contributed by atoms with Gasteiger partial charge in [-0.1, -0.05) is 0 Å². The number of fused-ring (bicyclic) bond motifs is 1. The molecule has 0 unspecified atom stereocenters. The summed E-state index contributed by atoms with van der Waals surface area (Å²) in [7, 11) is 1.43. The van der Waals surface area contributed by atoms with Crippen LogP contribution in [0.1, 0.15) is 21.6 Å². The van der Waals surface area contributed by atoms with Crippen LogP contribution in [0.3, 0.4) is 0 Å². The van der Waals surface area contributed by atoms with E-state index in [-0.39, 0.29) is 17.8 Å². The normalized spacial score (nSPS) is 16.8. The highest BCUT2D eigenvalue weighted by atomic mass is 19.1. The Bertz CT molecular complexity index is 1120. The summed E-state index contributed by atoms with van der Waals surface area (Å²) in [6.07, 6.45) is 2.09. The number of amides is 2. The van der Waals surface area contributed by atoms with Crippen molar-refractivity contribution in [3.8, 4) is 11.4 Å². The van der Waals surface area contributed by atoms with Crippen molar-refractivity contribution < 1.29 is 23.8 Å². The van der Waals surface area contributed by atoms with E-state index in [0.29, 0.717) is 36.6 Å². The lowest BCUT2D eigenvalue weighted by atomic mass is 10.1. The number of imidazole rings is 1. The van der Waals surface area contributed by atoms with Gasteiger partial charge in [-0.25, -0.2) is 14.2 Å². The Hall–Kier alpha value is -3.40. The fourth-order valence-corrected chi connectivity index (χ4v) is 3.70. The van der Waals surface area contributed by atoms with Crippen LogP contribution in [0.15, 0.2) is 24.5 Å². The summed E-state index contributed by atoms with van der Waals surface area (Å²) in [6.45, 7) is 2.75. The Morgan fingerprint density at radius 1 is 1.47 bits per heavy atom. The SMILES string of the molecule is CNC(=O)c1c[nH]c(-c2nc3cc(C)ccn3c2C[C@H]2CN(C(=O)O)CCO2)c1F. The van der Waals surface area contributed by atoms with Gasteiger partial charge in [-0.05, 0) is 24.6 Å². The molecule has 10 heteroatoms. The molecule has 1 aliphatic rings. The van der Waals surface area contributed by atoms with Crippen LogP contribution >= 0.6 is 0 Å². The highest BCUT2D eigenvalue weighted by Crippen LogP contribution is 2.29. The summed E-state index contributed by atoms with van der Waals surface area (Å²) in [5.41, 5.74) is 2.67. The highest BCUT2D eigenvalue weighted by molar-refractivity contribution is 5.95. The number of hydrogen-bond donors (Lipinski definition) is 3. The van der Waals surface area contributed by atoms with Crippen LogP contribution in [0.2, 0.25) is 0 Å². The lowest BCUT2D eigenvalue weighted by Crippen LogP contribution is -2.45. The predicted octanol–water partition coefficient (Wildman–Crippen LogP) is 2.06.